The quantitative estimate of drug-likeness (QED) is 0.789. The molecule has 0 spiro atoms. The summed E-state index contributed by atoms with van der Waals surface area (Å²) in [4.78, 5) is 12.2. The smallest absolute Gasteiger partial charge is 0.188 e. The van der Waals surface area contributed by atoms with Crippen LogP contribution in [0.1, 0.15) is 37.0 Å². The van der Waals surface area contributed by atoms with Crippen LogP contribution in [0.5, 0.6) is 5.75 Å². The molecule has 3 nitrogen and oxygen atoms in total. The molecular formula is C20H24O3. The molecule has 0 fully saturated rings. The zero-order valence-corrected chi connectivity index (χ0v) is 14.3. The average Bonchev–Trinajstić information content (AvgIpc) is 2.68. The van der Waals surface area contributed by atoms with Gasteiger partial charge >= 0.3 is 0 Å². The molecule has 0 aromatic heterocycles. The van der Waals surface area contributed by atoms with Gasteiger partial charge in [0.25, 0.3) is 0 Å². The zero-order valence-electron chi connectivity index (χ0n) is 14.3. The van der Waals surface area contributed by atoms with E-state index in [4.69, 9.17) is 9.47 Å². The van der Waals surface area contributed by atoms with Gasteiger partial charge in [-0.05, 0) is 60.1 Å². The molecule has 0 bridgehead atoms. The number of ether oxygens (including phenoxy) is 2. The van der Waals surface area contributed by atoms with Crippen molar-refractivity contribution in [3.8, 4) is 5.75 Å². The number of allylic oxidation sites excluding steroid dienone is 3. The van der Waals surface area contributed by atoms with Gasteiger partial charge in [0.1, 0.15) is 5.75 Å². The first kappa shape index (κ1) is 16.0. The maximum absolute atomic E-state index is 12.2. The fourth-order valence-corrected chi connectivity index (χ4v) is 3.64. The van der Waals surface area contributed by atoms with E-state index in [0.29, 0.717) is 0 Å². The van der Waals surface area contributed by atoms with Crippen LogP contribution in [0, 0.1) is 18.3 Å². The third-order valence-electron chi connectivity index (χ3n) is 5.13. The molecule has 1 aromatic rings. The summed E-state index contributed by atoms with van der Waals surface area (Å²) in [7, 11) is 1.62. The minimum absolute atomic E-state index is 0.228. The Morgan fingerprint density at radius 3 is 2.78 bits per heavy atom. The van der Waals surface area contributed by atoms with Gasteiger partial charge < -0.3 is 9.47 Å². The molecule has 1 atom stereocenters. The van der Waals surface area contributed by atoms with Crippen molar-refractivity contribution in [1.82, 2.24) is 0 Å². The van der Waals surface area contributed by atoms with E-state index in [1.807, 2.05) is 6.08 Å². The van der Waals surface area contributed by atoms with Gasteiger partial charge in [-0.3, -0.25) is 4.79 Å². The lowest BCUT2D eigenvalue weighted by atomic mass is 9.67. The maximum Gasteiger partial charge on any atom is 0.188 e. The van der Waals surface area contributed by atoms with Crippen LogP contribution >= 0.6 is 0 Å². The Labute approximate surface area is 138 Å². The third-order valence-corrected chi connectivity index (χ3v) is 5.13. The van der Waals surface area contributed by atoms with Crippen LogP contribution < -0.4 is 4.74 Å². The van der Waals surface area contributed by atoms with Gasteiger partial charge in [-0.2, -0.15) is 0 Å². The normalized spacial score (nSPS) is 22.0. The maximum atomic E-state index is 12.2. The minimum Gasteiger partial charge on any atom is -0.467 e. The number of carbonyl (C=O) groups is 1. The summed E-state index contributed by atoms with van der Waals surface area (Å²) < 4.78 is 10.7. The summed E-state index contributed by atoms with van der Waals surface area (Å²) in [5, 5.41) is 0. The van der Waals surface area contributed by atoms with Crippen LogP contribution in [0.15, 0.2) is 29.9 Å². The summed E-state index contributed by atoms with van der Waals surface area (Å²) in [6.45, 7) is 6.43. The van der Waals surface area contributed by atoms with E-state index in [1.165, 1.54) is 16.7 Å². The standard InChI is InChI=1S/C20H24O3/c1-13-9-14-5-7-17-15(6-8-19(21)20(17,2)3)10-16(14)11-18(13)23-12-22-4/h6,8-11,17H,5,7,12H2,1-4H3. The number of methoxy groups -OCH3 is 1. The molecule has 0 N–H and O–H groups in total. The SMILES string of the molecule is COCOc1cc2c(cc1C)CCC1C(=C2)C=CC(=O)C1(C)C. The molecule has 2 aliphatic carbocycles. The number of aryl methyl sites for hydroxylation is 2. The second-order valence-corrected chi connectivity index (χ2v) is 7.02. The van der Waals surface area contributed by atoms with E-state index < -0.39 is 0 Å². The fraction of sp³-hybridized carbons (Fsp3) is 0.450. The molecule has 3 heteroatoms. The van der Waals surface area contributed by atoms with Crippen LogP contribution in [0.25, 0.3) is 6.08 Å². The lowest BCUT2D eigenvalue weighted by molar-refractivity contribution is -0.124. The highest BCUT2D eigenvalue weighted by Gasteiger charge is 2.39. The number of hydrogen-bond acceptors (Lipinski definition) is 3. The summed E-state index contributed by atoms with van der Waals surface area (Å²) >= 11 is 0. The highest BCUT2D eigenvalue weighted by atomic mass is 16.7. The Hall–Kier alpha value is -1.87. The van der Waals surface area contributed by atoms with Crippen LogP contribution in [-0.2, 0) is 16.0 Å². The van der Waals surface area contributed by atoms with Crippen molar-refractivity contribution in [2.24, 2.45) is 11.3 Å². The van der Waals surface area contributed by atoms with Crippen molar-refractivity contribution in [1.29, 1.82) is 0 Å². The average molecular weight is 312 g/mol. The molecule has 0 radical (unpaired) electrons. The molecule has 23 heavy (non-hydrogen) atoms. The Morgan fingerprint density at radius 1 is 1.26 bits per heavy atom. The number of ketones is 1. The zero-order chi connectivity index (χ0) is 16.6. The third kappa shape index (κ3) is 2.86. The van der Waals surface area contributed by atoms with Gasteiger partial charge in [0, 0.05) is 12.5 Å². The molecule has 3 rings (SSSR count). The fourth-order valence-electron chi connectivity index (χ4n) is 3.64. The van der Waals surface area contributed by atoms with Crippen LogP contribution in [-0.4, -0.2) is 19.7 Å². The molecule has 0 heterocycles. The van der Waals surface area contributed by atoms with Gasteiger partial charge in [-0.1, -0.05) is 32.1 Å². The molecule has 0 saturated heterocycles. The van der Waals surface area contributed by atoms with Crippen molar-refractivity contribution in [2.45, 2.75) is 33.6 Å². The van der Waals surface area contributed by atoms with E-state index in [2.05, 4.69) is 39.0 Å². The topological polar surface area (TPSA) is 35.5 Å². The highest BCUT2D eigenvalue weighted by molar-refractivity contribution is 5.97. The molecule has 0 aliphatic heterocycles. The summed E-state index contributed by atoms with van der Waals surface area (Å²) in [5.41, 5.74) is 4.55. The first-order chi connectivity index (χ1) is 10.9. The van der Waals surface area contributed by atoms with Crippen molar-refractivity contribution >= 4 is 11.9 Å². The van der Waals surface area contributed by atoms with Crippen LogP contribution in [0.4, 0.5) is 0 Å². The van der Waals surface area contributed by atoms with Crippen LogP contribution in [0.3, 0.4) is 0 Å². The number of rotatable bonds is 3. The summed E-state index contributed by atoms with van der Waals surface area (Å²) in [5.74, 6) is 1.36. The van der Waals surface area contributed by atoms with Crippen LogP contribution in [0.2, 0.25) is 0 Å². The molecular weight excluding hydrogens is 288 g/mol. The second-order valence-electron chi connectivity index (χ2n) is 7.02. The number of fused-ring (bicyclic) bond motifs is 2. The molecule has 1 aromatic carbocycles. The largest absolute Gasteiger partial charge is 0.467 e. The number of hydrogen-bond donors (Lipinski definition) is 0. The van der Waals surface area contributed by atoms with Gasteiger partial charge in [0.2, 0.25) is 0 Å². The Balaban J connectivity index is 2.03. The predicted molar refractivity (Wildman–Crippen MR) is 91.4 cm³/mol. The lowest BCUT2D eigenvalue weighted by Gasteiger charge is -2.35. The van der Waals surface area contributed by atoms with Gasteiger partial charge in [0.15, 0.2) is 12.6 Å². The Morgan fingerprint density at radius 2 is 2.04 bits per heavy atom. The van der Waals surface area contributed by atoms with Gasteiger partial charge in [0.05, 0.1) is 0 Å². The predicted octanol–water partition coefficient (Wildman–Crippen LogP) is 4.09. The van der Waals surface area contributed by atoms with Crippen molar-refractivity contribution < 1.29 is 14.3 Å². The van der Waals surface area contributed by atoms with E-state index in [1.54, 1.807) is 13.2 Å². The summed E-state index contributed by atoms with van der Waals surface area (Å²) in [6.07, 6.45) is 7.92. The Bertz CT molecular complexity index is 695. The molecule has 0 saturated carbocycles. The van der Waals surface area contributed by atoms with Crippen molar-refractivity contribution in [3.05, 3.63) is 46.5 Å². The highest BCUT2D eigenvalue weighted by Crippen LogP contribution is 2.44. The van der Waals surface area contributed by atoms with E-state index in [9.17, 15) is 4.79 Å². The minimum atomic E-state index is -0.326. The van der Waals surface area contributed by atoms with Gasteiger partial charge in [-0.15, -0.1) is 0 Å². The van der Waals surface area contributed by atoms with Crippen molar-refractivity contribution in [2.75, 3.05) is 13.9 Å². The second kappa shape index (κ2) is 5.97. The first-order valence-corrected chi connectivity index (χ1v) is 8.13. The van der Waals surface area contributed by atoms with Gasteiger partial charge in [-0.25, -0.2) is 0 Å². The number of carbonyl (C=O) groups excluding carboxylic acids is 1. The molecule has 122 valence electrons. The van der Waals surface area contributed by atoms with E-state index in [-0.39, 0.29) is 23.9 Å². The lowest BCUT2D eigenvalue weighted by Crippen LogP contribution is -2.35. The van der Waals surface area contributed by atoms with Crippen molar-refractivity contribution in [3.63, 3.8) is 0 Å². The number of benzene rings is 1. The molecule has 2 aliphatic rings. The summed E-state index contributed by atoms with van der Waals surface area (Å²) in [6, 6.07) is 4.30. The van der Waals surface area contributed by atoms with E-state index >= 15 is 0 Å². The molecule has 1 unspecified atom stereocenters. The van der Waals surface area contributed by atoms with E-state index in [0.717, 1.165) is 24.2 Å². The Kier molecular flexibility index (Phi) is 4.15. The monoisotopic (exact) mass is 312 g/mol. The molecule has 0 amide bonds. The first-order valence-electron chi connectivity index (χ1n) is 8.13.